The van der Waals surface area contributed by atoms with Crippen LogP contribution in [0.25, 0.3) is 10.9 Å². The summed E-state index contributed by atoms with van der Waals surface area (Å²) in [5.41, 5.74) is 1.67. The molecule has 0 fully saturated rings. The molecule has 1 aromatic heterocycles. The molecule has 0 unspecified atom stereocenters. The Bertz CT molecular complexity index is 696. The molecule has 0 atom stereocenters. The van der Waals surface area contributed by atoms with Crippen LogP contribution >= 0.6 is 0 Å². The van der Waals surface area contributed by atoms with Gasteiger partial charge in [0.25, 0.3) is 0 Å². The second kappa shape index (κ2) is 8.67. The van der Waals surface area contributed by atoms with Crippen LogP contribution in [0.5, 0.6) is 0 Å². The van der Waals surface area contributed by atoms with Crippen molar-refractivity contribution >= 4 is 16.8 Å². The van der Waals surface area contributed by atoms with Crippen LogP contribution in [0.1, 0.15) is 40.6 Å². The number of carbonyl (C=O) groups excluding carboxylic acids is 1. The third-order valence-electron chi connectivity index (χ3n) is 3.72. The lowest BCUT2D eigenvalue weighted by molar-refractivity contribution is -0.130. The minimum Gasteiger partial charge on any atom is -0.361 e. The topological polar surface area (TPSA) is 36.1 Å². The predicted molar refractivity (Wildman–Crippen MR) is 99.5 cm³/mol. The highest BCUT2D eigenvalue weighted by molar-refractivity contribution is 5.89. The summed E-state index contributed by atoms with van der Waals surface area (Å²) in [5, 5.41) is 0.924. The maximum absolute atomic E-state index is 13.1. The number of halogens is 1. The van der Waals surface area contributed by atoms with Crippen molar-refractivity contribution < 1.29 is 10.6 Å². The minimum atomic E-state index is -0.268. The Balaban J connectivity index is 0.000000568. The van der Waals surface area contributed by atoms with E-state index in [0.717, 1.165) is 48.3 Å². The van der Waals surface area contributed by atoms with E-state index in [0.29, 0.717) is 6.42 Å². The molecule has 1 amide bonds. The summed E-state index contributed by atoms with van der Waals surface area (Å²) in [6.07, 6.45) is 8.27. The lowest BCUT2D eigenvalue weighted by atomic mass is 10.1. The van der Waals surface area contributed by atoms with Gasteiger partial charge in [-0.25, -0.2) is 4.39 Å². The number of fused-ring (bicyclic) bond motifs is 1. The standard InChI is InChI=1S/C16H17FN2O.C4H10.H2/c17-13-5-6-14-12(11-18-15(14)10-13)9-16(20)19-7-3-1-2-4-8-19;1-4(2)3;/h1-2,5-6,10-11,18H,3-4,7-9H2;4H,1-3H3;1H. The average molecular weight is 332 g/mol. The van der Waals surface area contributed by atoms with E-state index in [9.17, 15) is 9.18 Å². The van der Waals surface area contributed by atoms with E-state index in [1.54, 1.807) is 12.3 Å². The first-order chi connectivity index (χ1) is 11.5. The van der Waals surface area contributed by atoms with Crippen molar-refractivity contribution in [1.82, 2.24) is 9.88 Å². The monoisotopic (exact) mass is 332 g/mol. The molecule has 3 rings (SSSR count). The molecule has 1 aromatic carbocycles. The van der Waals surface area contributed by atoms with Gasteiger partial charge < -0.3 is 9.88 Å². The van der Waals surface area contributed by atoms with Gasteiger partial charge in [-0.15, -0.1) is 0 Å². The van der Waals surface area contributed by atoms with Crippen molar-refractivity contribution in [3.8, 4) is 0 Å². The first-order valence-electron chi connectivity index (χ1n) is 8.65. The predicted octanol–water partition coefficient (Wildman–Crippen LogP) is 4.94. The Hall–Kier alpha value is -2.10. The summed E-state index contributed by atoms with van der Waals surface area (Å²) in [5.74, 6) is 0.703. The summed E-state index contributed by atoms with van der Waals surface area (Å²) in [4.78, 5) is 17.3. The van der Waals surface area contributed by atoms with Gasteiger partial charge in [0, 0.05) is 31.6 Å². The van der Waals surface area contributed by atoms with Gasteiger partial charge in [-0.2, -0.15) is 0 Å². The number of nitrogens with one attached hydrogen (secondary N) is 1. The fraction of sp³-hybridized carbons (Fsp3) is 0.450. The number of nitrogens with zero attached hydrogens (tertiary/aromatic N) is 1. The van der Waals surface area contributed by atoms with Crippen LogP contribution in [0.2, 0.25) is 0 Å². The lowest BCUT2D eigenvalue weighted by Gasteiger charge is -2.20. The molecule has 1 aliphatic heterocycles. The molecule has 0 aliphatic carbocycles. The normalized spacial score (nSPS) is 14.5. The smallest absolute Gasteiger partial charge is 0.227 e. The molecule has 1 N–H and O–H groups in total. The summed E-state index contributed by atoms with van der Waals surface area (Å²) in [7, 11) is 0. The van der Waals surface area contributed by atoms with Crippen molar-refractivity contribution in [3.63, 3.8) is 0 Å². The summed E-state index contributed by atoms with van der Waals surface area (Å²) in [6, 6.07) is 4.62. The van der Waals surface area contributed by atoms with Crippen LogP contribution in [0.4, 0.5) is 4.39 Å². The minimum absolute atomic E-state index is 0. The van der Waals surface area contributed by atoms with Crippen LogP contribution in [-0.2, 0) is 11.2 Å². The highest BCUT2D eigenvalue weighted by Gasteiger charge is 2.16. The first kappa shape index (κ1) is 18.2. The number of hydrogen-bond donors (Lipinski definition) is 1. The molecule has 3 nitrogen and oxygen atoms in total. The fourth-order valence-electron chi connectivity index (χ4n) is 2.64. The molecule has 0 spiro atoms. The van der Waals surface area contributed by atoms with Crippen molar-refractivity contribution in [2.45, 2.75) is 40.0 Å². The van der Waals surface area contributed by atoms with Crippen molar-refractivity contribution in [1.29, 1.82) is 0 Å². The number of amides is 1. The third kappa shape index (κ3) is 5.22. The van der Waals surface area contributed by atoms with E-state index in [4.69, 9.17) is 0 Å². The van der Waals surface area contributed by atoms with Crippen LogP contribution in [0, 0.1) is 11.7 Å². The lowest BCUT2D eigenvalue weighted by Crippen LogP contribution is -2.33. The summed E-state index contributed by atoms with van der Waals surface area (Å²) in [6.45, 7) is 8.07. The Morgan fingerprint density at radius 1 is 1.25 bits per heavy atom. The number of hydrogen-bond acceptors (Lipinski definition) is 1. The Morgan fingerprint density at radius 3 is 2.50 bits per heavy atom. The number of H-pyrrole nitrogens is 1. The van der Waals surface area contributed by atoms with E-state index >= 15 is 0 Å². The Kier molecular flexibility index (Phi) is 6.59. The molecule has 4 heteroatoms. The SMILES string of the molecule is CC(C)C.O=C(Cc1c[nH]c2cc(F)ccc12)N1CCC=CCC1.[HH]. The van der Waals surface area contributed by atoms with Crippen molar-refractivity contribution in [3.05, 3.63) is 47.9 Å². The van der Waals surface area contributed by atoms with E-state index in [1.807, 2.05) is 4.90 Å². The average Bonchev–Trinajstić information content (AvgIpc) is 2.74. The van der Waals surface area contributed by atoms with Gasteiger partial charge in [-0.1, -0.05) is 32.9 Å². The van der Waals surface area contributed by atoms with Gasteiger partial charge in [-0.3, -0.25) is 4.79 Å². The Labute approximate surface area is 145 Å². The summed E-state index contributed by atoms with van der Waals surface area (Å²) < 4.78 is 13.1. The fourth-order valence-corrected chi connectivity index (χ4v) is 2.64. The zero-order valence-electron chi connectivity index (χ0n) is 14.8. The molecule has 132 valence electrons. The van der Waals surface area contributed by atoms with Gasteiger partial charge in [-0.05, 0) is 42.5 Å². The number of rotatable bonds is 2. The number of benzene rings is 1. The van der Waals surface area contributed by atoms with Gasteiger partial charge in [0.15, 0.2) is 0 Å². The molecular weight excluding hydrogens is 303 g/mol. The highest BCUT2D eigenvalue weighted by Crippen LogP contribution is 2.20. The molecule has 0 radical (unpaired) electrons. The van der Waals surface area contributed by atoms with Crippen LogP contribution in [-0.4, -0.2) is 28.9 Å². The van der Waals surface area contributed by atoms with Gasteiger partial charge in [0.05, 0.1) is 6.42 Å². The highest BCUT2D eigenvalue weighted by atomic mass is 19.1. The van der Waals surface area contributed by atoms with Crippen LogP contribution in [0.3, 0.4) is 0 Å². The van der Waals surface area contributed by atoms with E-state index in [1.165, 1.54) is 12.1 Å². The largest absolute Gasteiger partial charge is 0.361 e. The molecule has 24 heavy (non-hydrogen) atoms. The quantitative estimate of drug-likeness (QED) is 0.777. The summed E-state index contributed by atoms with van der Waals surface area (Å²) >= 11 is 0. The second-order valence-corrected chi connectivity index (χ2v) is 6.84. The zero-order valence-corrected chi connectivity index (χ0v) is 14.8. The van der Waals surface area contributed by atoms with Gasteiger partial charge in [0.2, 0.25) is 5.91 Å². The van der Waals surface area contributed by atoms with Crippen LogP contribution < -0.4 is 0 Å². The second-order valence-electron chi connectivity index (χ2n) is 6.84. The van der Waals surface area contributed by atoms with Crippen molar-refractivity contribution in [2.24, 2.45) is 5.92 Å². The van der Waals surface area contributed by atoms with Crippen LogP contribution in [0.15, 0.2) is 36.5 Å². The molecule has 0 saturated carbocycles. The molecule has 0 bridgehead atoms. The van der Waals surface area contributed by atoms with Gasteiger partial charge >= 0.3 is 0 Å². The first-order valence-corrected chi connectivity index (χ1v) is 8.65. The molecule has 2 heterocycles. The zero-order chi connectivity index (χ0) is 17.5. The van der Waals surface area contributed by atoms with E-state index in [2.05, 4.69) is 37.9 Å². The molecular formula is C20H29FN2O. The number of carbonyl (C=O) groups is 1. The molecule has 2 aromatic rings. The third-order valence-corrected chi connectivity index (χ3v) is 3.72. The van der Waals surface area contributed by atoms with Gasteiger partial charge in [0.1, 0.15) is 5.82 Å². The number of aromatic nitrogens is 1. The molecule has 0 saturated heterocycles. The van der Waals surface area contributed by atoms with E-state index in [-0.39, 0.29) is 13.2 Å². The number of aromatic amines is 1. The van der Waals surface area contributed by atoms with Crippen molar-refractivity contribution in [2.75, 3.05) is 13.1 Å². The Morgan fingerprint density at radius 2 is 1.88 bits per heavy atom. The maximum Gasteiger partial charge on any atom is 0.227 e. The molecule has 1 aliphatic rings. The van der Waals surface area contributed by atoms with E-state index < -0.39 is 0 Å². The maximum atomic E-state index is 13.1.